The number of unbranched alkanes of at least 4 members (excludes halogenated alkanes) is 1. The topological polar surface area (TPSA) is 120 Å². The van der Waals surface area contributed by atoms with Gasteiger partial charge < -0.3 is 19.9 Å². The third-order valence-electron chi connectivity index (χ3n) is 10.1. The Balaban J connectivity index is 1.16. The van der Waals surface area contributed by atoms with Crippen molar-refractivity contribution in [3.63, 3.8) is 0 Å². The van der Waals surface area contributed by atoms with Gasteiger partial charge in [0.1, 0.15) is 0 Å². The number of nitrogens with zero attached hydrogens (tertiary/aromatic N) is 1. The summed E-state index contributed by atoms with van der Waals surface area (Å²) in [5.74, 6) is -0.531. The van der Waals surface area contributed by atoms with Gasteiger partial charge in [0, 0.05) is 44.0 Å². The molecule has 5 aromatic carbocycles. The molecule has 4 N–H and O–H groups in total. The zero-order valence-corrected chi connectivity index (χ0v) is 30.4. The van der Waals surface area contributed by atoms with E-state index in [0.29, 0.717) is 38.8 Å². The van der Waals surface area contributed by atoms with Crippen LogP contribution in [0, 0.1) is 0 Å². The fourth-order valence-electron chi connectivity index (χ4n) is 6.88. The van der Waals surface area contributed by atoms with E-state index in [4.69, 9.17) is 14.7 Å². The summed E-state index contributed by atoms with van der Waals surface area (Å²) >= 11 is 0. The average Bonchev–Trinajstić information content (AvgIpc) is 3.21. The van der Waals surface area contributed by atoms with E-state index in [2.05, 4.69) is 90.9 Å². The first kappa shape index (κ1) is 37.8. The van der Waals surface area contributed by atoms with Crippen molar-refractivity contribution in [2.24, 2.45) is 0 Å². The van der Waals surface area contributed by atoms with Crippen LogP contribution in [0.2, 0.25) is 0 Å². The molecule has 1 fully saturated rings. The third kappa shape index (κ3) is 10.2. The lowest BCUT2D eigenvalue weighted by Crippen LogP contribution is -2.38. The molecule has 0 radical (unpaired) electrons. The van der Waals surface area contributed by atoms with Crippen LogP contribution in [0.25, 0.3) is 21.9 Å². The van der Waals surface area contributed by atoms with E-state index in [0.717, 1.165) is 33.4 Å². The van der Waals surface area contributed by atoms with Gasteiger partial charge in [-0.05, 0) is 89.2 Å². The molecule has 1 saturated heterocycles. The third-order valence-corrected chi connectivity index (χ3v) is 10.1. The van der Waals surface area contributed by atoms with Gasteiger partial charge in [0.05, 0.1) is 18.8 Å². The van der Waals surface area contributed by atoms with Crippen molar-refractivity contribution < 1.29 is 29.4 Å². The maximum absolute atomic E-state index is 12.4. The van der Waals surface area contributed by atoms with E-state index in [1.807, 2.05) is 48.5 Å². The van der Waals surface area contributed by atoms with Gasteiger partial charge in [-0.3, -0.25) is 19.7 Å². The molecular formula is C44H49N3O6. The molecule has 53 heavy (non-hydrogen) atoms. The first-order valence-corrected chi connectivity index (χ1v) is 18.4. The highest BCUT2D eigenvalue weighted by molar-refractivity contribution is 5.83. The maximum atomic E-state index is 12.4. The number of benzene rings is 5. The quantitative estimate of drug-likeness (QED) is 0.0494. The van der Waals surface area contributed by atoms with Crippen LogP contribution in [0.15, 0.2) is 115 Å². The van der Waals surface area contributed by atoms with E-state index < -0.39 is 12.2 Å². The SMILES string of the molecule is CC(c1ccc2ccccc2c1)N(C)CC1CC(c2ccc(CO)cc2)OC(c2cccc(-c3cccc(CNC(=O)CCCCC(=O)NO)c3)c2)O1. The normalized spacial score (nSPS) is 17.8. The number of carbonyl (C=O) groups is 2. The average molecular weight is 716 g/mol. The summed E-state index contributed by atoms with van der Waals surface area (Å²) in [5.41, 5.74) is 8.69. The van der Waals surface area contributed by atoms with Gasteiger partial charge >= 0.3 is 0 Å². The minimum Gasteiger partial charge on any atom is -0.392 e. The zero-order chi connectivity index (χ0) is 37.2. The van der Waals surface area contributed by atoms with Gasteiger partial charge in [-0.2, -0.15) is 0 Å². The van der Waals surface area contributed by atoms with Crippen molar-refractivity contribution in [1.29, 1.82) is 0 Å². The molecule has 0 aliphatic carbocycles. The summed E-state index contributed by atoms with van der Waals surface area (Å²) in [6, 6.07) is 39.6. The van der Waals surface area contributed by atoms with Gasteiger partial charge in [-0.15, -0.1) is 0 Å². The molecule has 1 heterocycles. The first-order valence-electron chi connectivity index (χ1n) is 18.4. The molecule has 0 spiro atoms. The van der Waals surface area contributed by atoms with Crippen LogP contribution < -0.4 is 10.8 Å². The molecule has 2 amide bonds. The van der Waals surface area contributed by atoms with Crippen LogP contribution >= 0.6 is 0 Å². The Morgan fingerprint density at radius 1 is 0.774 bits per heavy atom. The highest BCUT2D eigenvalue weighted by atomic mass is 16.7. The minimum absolute atomic E-state index is 0.00856. The summed E-state index contributed by atoms with van der Waals surface area (Å²) < 4.78 is 13.4. The highest BCUT2D eigenvalue weighted by Crippen LogP contribution is 2.39. The van der Waals surface area contributed by atoms with Crippen molar-refractivity contribution in [3.05, 3.63) is 143 Å². The Kier molecular flexibility index (Phi) is 13.0. The summed E-state index contributed by atoms with van der Waals surface area (Å²) in [4.78, 5) is 25.9. The van der Waals surface area contributed by atoms with Crippen LogP contribution in [0.3, 0.4) is 0 Å². The highest BCUT2D eigenvalue weighted by Gasteiger charge is 2.33. The number of nitrogens with one attached hydrogen (secondary N) is 2. The van der Waals surface area contributed by atoms with Crippen LogP contribution in [0.4, 0.5) is 0 Å². The molecule has 276 valence electrons. The van der Waals surface area contributed by atoms with Crippen molar-refractivity contribution >= 4 is 22.6 Å². The number of fused-ring (bicyclic) bond motifs is 1. The van der Waals surface area contributed by atoms with E-state index >= 15 is 0 Å². The molecule has 0 saturated carbocycles. The second-order valence-corrected chi connectivity index (χ2v) is 13.9. The van der Waals surface area contributed by atoms with Gasteiger partial charge in [-0.1, -0.05) is 97.1 Å². The summed E-state index contributed by atoms with van der Waals surface area (Å²) in [7, 11) is 2.15. The number of ether oxygens (including phenoxy) is 2. The summed E-state index contributed by atoms with van der Waals surface area (Å²) in [6.07, 6.45) is 1.38. The first-order chi connectivity index (χ1) is 25.8. The molecule has 0 bridgehead atoms. The molecule has 0 aromatic heterocycles. The monoisotopic (exact) mass is 715 g/mol. The molecule has 6 rings (SSSR count). The molecular weight excluding hydrogens is 666 g/mol. The van der Waals surface area contributed by atoms with Crippen molar-refractivity contribution in [2.75, 3.05) is 13.6 Å². The second-order valence-electron chi connectivity index (χ2n) is 13.9. The number of likely N-dealkylation sites (N-methyl/N-ethyl adjacent to an activating group) is 1. The van der Waals surface area contributed by atoms with Gasteiger partial charge in [0.25, 0.3) is 0 Å². The lowest BCUT2D eigenvalue weighted by atomic mass is 9.97. The Bertz CT molecular complexity index is 1980. The fourth-order valence-corrected chi connectivity index (χ4v) is 6.88. The van der Waals surface area contributed by atoms with E-state index in [1.165, 1.54) is 16.3 Å². The lowest BCUT2D eigenvalue weighted by molar-refractivity contribution is -0.253. The van der Waals surface area contributed by atoms with Gasteiger partial charge in [0.2, 0.25) is 11.8 Å². The number of hydroxylamine groups is 1. The minimum atomic E-state index is -0.591. The second kappa shape index (κ2) is 18.2. The predicted molar refractivity (Wildman–Crippen MR) is 206 cm³/mol. The van der Waals surface area contributed by atoms with Crippen LogP contribution in [-0.4, -0.2) is 46.7 Å². The van der Waals surface area contributed by atoms with Crippen molar-refractivity contribution in [1.82, 2.24) is 15.7 Å². The van der Waals surface area contributed by atoms with Crippen LogP contribution in [0.5, 0.6) is 0 Å². The molecule has 5 aromatic rings. The molecule has 9 heteroatoms. The number of carbonyl (C=O) groups excluding carboxylic acids is 2. The zero-order valence-electron chi connectivity index (χ0n) is 30.4. The Morgan fingerprint density at radius 2 is 1.49 bits per heavy atom. The summed E-state index contributed by atoms with van der Waals surface area (Å²) in [6.45, 7) is 3.33. The molecule has 1 aliphatic heterocycles. The van der Waals surface area contributed by atoms with Gasteiger partial charge in [0.15, 0.2) is 6.29 Å². The number of aliphatic hydroxyl groups is 1. The number of hydrogen-bond donors (Lipinski definition) is 4. The van der Waals surface area contributed by atoms with E-state index in [1.54, 1.807) is 5.48 Å². The van der Waals surface area contributed by atoms with Crippen LogP contribution in [-0.2, 0) is 32.2 Å². The standard InChI is InChI=1S/C44H49N3O6/c1-30(35-22-21-33-10-3-4-11-37(33)24-35)47(2)28-40-26-41(34-19-17-31(29-48)18-20-34)53-44(52-40)39-14-8-13-38(25-39)36-12-7-9-32(23-36)27-45-42(49)15-5-6-16-43(50)46-51/h3-4,7-14,17-25,30,40-41,44,48,51H,5-6,15-16,26-29H2,1-2H3,(H,45,49)(H,46,50). The largest absolute Gasteiger partial charge is 0.392 e. The number of aliphatic hydroxyl groups excluding tert-OH is 1. The lowest BCUT2D eigenvalue weighted by Gasteiger charge is -2.39. The molecule has 1 aliphatic rings. The van der Waals surface area contributed by atoms with Crippen LogP contribution in [0.1, 0.15) is 85.3 Å². The Morgan fingerprint density at radius 3 is 2.25 bits per heavy atom. The molecule has 4 atom stereocenters. The molecule has 9 nitrogen and oxygen atoms in total. The predicted octanol–water partition coefficient (Wildman–Crippen LogP) is 7.92. The Labute approximate surface area is 311 Å². The smallest absolute Gasteiger partial charge is 0.243 e. The fraction of sp³-hybridized carbons (Fsp3) is 0.318. The molecule has 4 unspecified atom stereocenters. The number of rotatable bonds is 15. The van der Waals surface area contributed by atoms with Crippen molar-refractivity contribution in [2.45, 2.75) is 76.7 Å². The van der Waals surface area contributed by atoms with E-state index in [-0.39, 0.29) is 37.2 Å². The Hall–Kier alpha value is -4.90. The van der Waals surface area contributed by atoms with E-state index in [9.17, 15) is 14.7 Å². The summed E-state index contributed by atoms with van der Waals surface area (Å²) in [5, 5.41) is 23.7. The number of amides is 2. The number of hydrogen-bond acceptors (Lipinski definition) is 7. The van der Waals surface area contributed by atoms with Gasteiger partial charge in [-0.25, -0.2) is 5.48 Å². The maximum Gasteiger partial charge on any atom is 0.243 e. The van der Waals surface area contributed by atoms with Crippen molar-refractivity contribution in [3.8, 4) is 11.1 Å².